The van der Waals surface area contributed by atoms with Crippen molar-refractivity contribution in [1.29, 1.82) is 0 Å². The van der Waals surface area contributed by atoms with Gasteiger partial charge in [-0.1, -0.05) is 40.2 Å². The lowest BCUT2D eigenvalue weighted by Gasteiger charge is -2.27. The van der Waals surface area contributed by atoms with Crippen molar-refractivity contribution in [2.45, 2.75) is 35.3 Å². The lowest BCUT2D eigenvalue weighted by atomic mass is 9.79. The maximum Gasteiger partial charge on any atom is 0.323 e. The first-order chi connectivity index (χ1) is 14.3. The van der Waals surface area contributed by atoms with Crippen LogP contribution in [-0.4, -0.2) is 38.6 Å². The van der Waals surface area contributed by atoms with Gasteiger partial charge in [0.05, 0.1) is 16.1 Å². The summed E-state index contributed by atoms with van der Waals surface area (Å²) >= 11 is 3.30. The van der Waals surface area contributed by atoms with Gasteiger partial charge in [0.2, 0.25) is 5.91 Å². The highest BCUT2D eigenvalue weighted by molar-refractivity contribution is 9.10. The standard InChI is InChI=1S/C21H19BrN2O5S/c22-12-5-6-13-17(7-8-30(27,28)18(13)9-12)29-19(25)16-10-21(11-23-16)14-3-1-2-4-15(14)24-20(21)26/h1-6,9,16-17,23H,7-8,10-11H2,(H,24,26)/t16-,17+,21-/m1/s1. The fourth-order valence-electron chi connectivity index (χ4n) is 4.62. The van der Waals surface area contributed by atoms with Crippen LogP contribution >= 0.6 is 15.9 Å². The van der Waals surface area contributed by atoms with Crippen LogP contribution < -0.4 is 10.6 Å². The van der Waals surface area contributed by atoms with Gasteiger partial charge >= 0.3 is 5.97 Å². The fourth-order valence-corrected chi connectivity index (χ4v) is 6.75. The van der Waals surface area contributed by atoms with E-state index in [0.29, 0.717) is 23.0 Å². The van der Waals surface area contributed by atoms with E-state index in [4.69, 9.17) is 4.74 Å². The molecule has 0 bridgehead atoms. The van der Waals surface area contributed by atoms with Gasteiger partial charge in [-0.2, -0.15) is 0 Å². The number of ether oxygens (including phenoxy) is 1. The Hall–Kier alpha value is -2.23. The van der Waals surface area contributed by atoms with Crippen molar-refractivity contribution in [2.24, 2.45) is 0 Å². The zero-order chi connectivity index (χ0) is 21.1. The molecule has 30 heavy (non-hydrogen) atoms. The van der Waals surface area contributed by atoms with E-state index in [9.17, 15) is 18.0 Å². The minimum Gasteiger partial charge on any atom is -0.456 e. The van der Waals surface area contributed by atoms with E-state index in [1.54, 1.807) is 18.2 Å². The first-order valence-electron chi connectivity index (χ1n) is 9.67. The second kappa shape index (κ2) is 6.90. The Labute approximate surface area is 182 Å². The van der Waals surface area contributed by atoms with Crippen LogP contribution in [0.3, 0.4) is 0 Å². The van der Waals surface area contributed by atoms with Crippen LogP contribution in [0, 0.1) is 0 Å². The summed E-state index contributed by atoms with van der Waals surface area (Å²) in [4.78, 5) is 25.8. The van der Waals surface area contributed by atoms with Crippen LogP contribution in [0.15, 0.2) is 51.8 Å². The normalized spacial score (nSPS) is 28.6. The molecule has 0 saturated carbocycles. The molecule has 0 unspecified atom stereocenters. The summed E-state index contributed by atoms with van der Waals surface area (Å²) in [5.41, 5.74) is 1.36. The molecule has 0 aromatic heterocycles. The van der Waals surface area contributed by atoms with Gasteiger partial charge in [-0.05, 0) is 30.2 Å². The number of fused-ring (bicyclic) bond motifs is 3. The van der Waals surface area contributed by atoms with Gasteiger partial charge in [0.15, 0.2) is 9.84 Å². The third kappa shape index (κ3) is 2.99. The summed E-state index contributed by atoms with van der Waals surface area (Å²) in [6.45, 7) is 0.345. The summed E-state index contributed by atoms with van der Waals surface area (Å²) in [5, 5.41) is 6.03. The molecule has 1 spiro atoms. The van der Waals surface area contributed by atoms with Crippen molar-refractivity contribution in [3.8, 4) is 0 Å². The van der Waals surface area contributed by atoms with Crippen molar-refractivity contribution in [1.82, 2.24) is 5.32 Å². The summed E-state index contributed by atoms with van der Waals surface area (Å²) in [7, 11) is -3.40. The highest BCUT2D eigenvalue weighted by Crippen LogP contribution is 2.44. The number of halogens is 1. The Morgan fingerprint density at radius 3 is 2.83 bits per heavy atom. The van der Waals surface area contributed by atoms with E-state index in [1.165, 1.54) is 0 Å². The first-order valence-corrected chi connectivity index (χ1v) is 12.1. The topological polar surface area (TPSA) is 102 Å². The van der Waals surface area contributed by atoms with Gasteiger partial charge in [0.1, 0.15) is 12.1 Å². The SMILES string of the molecule is O=C(O[C@H]1CCS(=O)(=O)c2cc(Br)ccc21)[C@H]1C[C@]2(CN1)C(=O)Nc1ccccc12. The number of carbonyl (C=O) groups is 2. The number of esters is 1. The van der Waals surface area contributed by atoms with Crippen LogP contribution in [0.5, 0.6) is 0 Å². The van der Waals surface area contributed by atoms with Crippen molar-refractivity contribution in [3.63, 3.8) is 0 Å². The van der Waals surface area contributed by atoms with Crippen LogP contribution in [0.2, 0.25) is 0 Å². The molecule has 3 aliphatic heterocycles. The zero-order valence-corrected chi connectivity index (χ0v) is 18.3. The van der Waals surface area contributed by atoms with Crippen LogP contribution in [0.4, 0.5) is 5.69 Å². The average molecular weight is 491 g/mol. The second-order valence-electron chi connectivity index (χ2n) is 7.93. The minimum atomic E-state index is -3.40. The number of anilines is 1. The van der Waals surface area contributed by atoms with Crippen LogP contribution in [0.1, 0.15) is 30.1 Å². The average Bonchev–Trinajstić information content (AvgIpc) is 3.28. The highest BCUT2D eigenvalue weighted by atomic mass is 79.9. The number of hydrogen-bond acceptors (Lipinski definition) is 6. The van der Waals surface area contributed by atoms with Crippen LogP contribution in [0.25, 0.3) is 0 Å². The van der Waals surface area contributed by atoms with E-state index in [0.717, 1.165) is 11.3 Å². The molecule has 1 saturated heterocycles. The van der Waals surface area contributed by atoms with E-state index >= 15 is 0 Å². The molecule has 2 aromatic carbocycles. The number of nitrogens with one attached hydrogen (secondary N) is 2. The number of para-hydroxylation sites is 1. The van der Waals surface area contributed by atoms with Crippen LogP contribution in [-0.2, 0) is 29.6 Å². The van der Waals surface area contributed by atoms with Gasteiger partial charge in [-0.25, -0.2) is 8.42 Å². The summed E-state index contributed by atoms with van der Waals surface area (Å²) in [6.07, 6.45) is -0.122. The summed E-state index contributed by atoms with van der Waals surface area (Å²) in [6, 6.07) is 11.8. The molecule has 5 rings (SSSR count). The Balaban J connectivity index is 1.37. The third-order valence-corrected chi connectivity index (χ3v) is 8.47. The molecule has 3 aliphatic rings. The Morgan fingerprint density at radius 2 is 2.00 bits per heavy atom. The second-order valence-corrected chi connectivity index (χ2v) is 10.9. The van der Waals surface area contributed by atoms with Gasteiger partial charge in [0.25, 0.3) is 0 Å². The smallest absolute Gasteiger partial charge is 0.323 e. The molecule has 3 atom stereocenters. The highest BCUT2D eigenvalue weighted by Gasteiger charge is 2.53. The van der Waals surface area contributed by atoms with E-state index < -0.39 is 33.4 Å². The molecule has 3 heterocycles. The molecule has 0 aliphatic carbocycles. The molecule has 9 heteroatoms. The summed E-state index contributed by atoms with van der Waals surface area (Å²) in [5.74, 6) is -0.667. The molecule has 2 aromatic rings. The number of sulfone groups is 1. The van der Waals surface area contributed by atoms with Gasteiger partial charge in [-0.3, -0.25) is 9.59 Å². The quantitative estimate of drug-likeness (QED) is 0.627. The zero-order valence-electron chi connectivity index (χ0n) is 15.9. The monoisotopic (exact) mass is 490 g/mol. The van der Waals surface area contributed by atoms with Crippen molar-refractivity contribution in [2.75, 3.05) is 17.6 Å². The van der Waals surface area contributed by atoms with E-state index in [1.807, 2.05) is 24.3 Å². The minimum absolute atomic E-state index is 0.0772. The van der Waals surface area contributed by atoms with E-state index in [-0.39, 0.29) is 23.0 Å². The number of rotatable bonds is 2. The molecule has 1 amide bonds. The Morgan fingerprint density at radius 1 is 1.20 bits per heavy atom. The maximum atomic E-state index is 12.9. The number of benzene rings is 2. The fraction of sp³-hybridized carbons (Fsp3) is 0.333. The summed E-state index contributed by atoms with van der Waals surface area (Å²) < 4.78 is 31.2. The van der Waals surface area contributed by atoms with Gasteiger partial charge < -0.3 is 15.4 Å². The molecular formula is C21H19BrN2O5S. The predicted octanol–water partition coefficient (Wildman–Crippen LogP) is 2.46. The lowest BCUT2D eigenvalue weighted by Crippen LogP contribution is -2.36. The molecule has 7 nitrogen and oxygen atoms in total. The van der Waals surface area contributed by atoms with Crippen molar-refractivity contribution >= 4 is 43.3 Å². The third-order valence-electron chi connectivity index (χ3n) is 6.18. The number of amides is 1. The first kappa shape index (κ1) is 19.7. The van der Waals surface area contributed by atoms with Gasteiger partial charge in [0, 0.05) is 28.7 Å². The van der Waals surface area contributed by atoms with Crippen molar-refractivity contribution < 1.29 is 22.7 Å². The molecule has 1 fully saturated rings. The Bertz CT molecular complexity index is 1180. The molecule has 2 N–H and O–H groups in total. The lowest BCUT2D eigenvalue weighted by molar-refractivity contribution is -0.152. The predicted molar refractivity (Wildman–Crippen MR) is 113 cm³/mol. The molecule has 0 radical (unpaired) electrons. The number of hydrogen-bond donors (Lipinski definition) is 2. The Kier molecular flexibility index (Phi) is 4.53. The van der Waals surface area contributed by atoms with E-state index in [2.05, 4.69) is 26.6 Å². The molecular weight excluding hydrogens is 472 g/mol. The molecule has 156 valence electrons. The maximum absolute atomic E-state index is 12.9. The largest absolute Gasteiger partial charge is 0.456 e. The van der Waals surface area contributed by atoms with Gasteiger partial charge in [-0.15, -0.1) is 0 Å². The van der Waals surface area contributed by atoms with Crippen molar-refractivity contribution in [3.05, 3.63) is 58.1 Å². The number of carbonyl (C=O) groups excluding carboxylic acids is 2.